The molecule has 106 valence electrons. The van der Waals surface area contributed by atoms with Gasteiger partial charge in [0.25, 0.3) is 5.91 Å². The Labute approximate surface area is 125 Å². The summed E-state index contributed by atoms with van der Waals surface area (Å²) in [5, 5.41) is 17.1. The van der Waals surface area contributed by atoms with Crippen molar-refractivity contribution in [1.82, 2.24) is 20.1 Å². The number of carbonyl (C=O) groups is 1. The van der Waals surface area contributed by atoms with Crippen LogP contribution in [-0.2, 0) is 12.6 Å². The fourth-order valence-corrected chi connectivity index (χ4v) is 2.06. The van der Waals surface area contributed by atoms with E-state index >= 15 is 0 Å². The standard InChI is InChI=1S/C13H15BrN4O2/c1-13(20,10-5-17-18(2)7-10)8-16-12(19)9-3-11(14)6-15-4-9/h3-7,20H,8H2,1-2H3,(H,16,19). The van der Waals surface area contributed by atoms with Crippen molar-refractivity contribution in [3.05, 3.63) is 46.5 Å². The van der Waals surface area contributed by atoms with Crippen LogP contribution in [0.5, 0.6) is 0 Å². The van der Waals surface area contributed by atoms with Gasteiger partial charge in [0.05, 0.1) is 18.3 Å². The molecular formula is C13H15BrN4O2. The van der Waals surface area contributed by atoms with Crippen LogP contribution in [-0.4, -0.2) is 32.3 Å². The van der Waals surface area contributed by atoms with Crippen LogP contribution < -0.4 is 5.32 Å². The van der Waals surface area contributed by atoms with Crippen molar-refractivity contribution in [3.8, 4) is 0 Å². The first-order chi connectivity index (χ1) is 9.38. The highest BCUT2D eigenvalue weighted by molar-refractivity contribution is 9.10. The third-order valence-electron chi connectivity index (χ3n) is 2.89. The van der Waals surface area contributed by atoms with Gasteiger partial charge in [-0.15, -0.1) is 0 Å². The monoisotopic (exact) mass is 338 g/mol. The SMILES string of the molecule is Cn1cc(C(C)(O)CNC(=O)c2cncc(Br)c2)cn1. The highest BCUT2D eigenvalue weighted by Crippen LogP contribution is 2.18. The Balaban J connectivity index is 2.03. The minimum Gasteiger partial charge on any atom is -0.383 e. The number of pyridine rings is 1. The van der Waals surface area contributed by atoms with E-state index in [0.29, 0.717) is 11.1 Å². The number of amides is 1. The number of hydrogen-bond donors (Lipinski definition) is 2. The van der Waals surface area contributed by atoms with Gasteiger partial charge in [-0.3, -0.25) is 14.5 Å². The molecule has 0 aliphatic rings. The fourth-order valence-electron chi connectivity index (χ4n) is 1.69. The number of hydrogen-bond acceptors (Lipinski definition) is 4. The van der Waals surface area contributed by atoms with Crippen LogP contribution in [0.15, 0.2) is 35.3 Å². The number of aliphatic hydroxyl groups is 1. The first kappa shape index (κ1) is 14.7. The molecule has 1 atom stereocenters. The molecule has 2 aromatic heterocycles. The Kier molecular flexibility index (Phi) is 4.20. The van der Waals surface area contributed by atoms with Crippen LogP contribution in [0.1, 0.15) is 22.8 Å². The van der Waals surface area contributed by atoms with Crippen LogP contribution in [0.4, 0.5) is 0 Å². The van der Waals surface area contributed by atoms with E-state index in [-0.39, 0.29) is 12.5 Å². The molecule has 0 saturated heterocycles. The van der Waals surface area contributed by atoms with Gasteiger partial charge in [-0.05, 0) is 28.9 Å². The molecule has 0 aliphatic carbocycles. The van der Waals surface area contributed by atoms with E-state index in [1.54, 1.807) is 43.3 Å². The van der Waals surface area contributed by atoms with Crippen molar-refractivity contribution >= 4 is 21.8 Å². The van der Waals surface area contributed by atoms with Crippen molar-refractivity contribution < 1.29 is 9.90 Å². The summed E-state index contributed by atoms with van der Waals surface area (Å²) in [4.78, 5) is 15.9. The average molecular weight is 339 g/mol. The number of carbonyl (C=O) groups excluding carboxylic acids is 1. The van der Waals surface area contributed by atoms with Gasteiger partial charge >= 0.3 is 0 Å². The summed E-state index contributed by atoms with van der Waals surface area (Å²) in [6, 6.07) is 1.67. The van der Waals surface area contributed by atoms with Gasteiger partial charge in [-0.2, -0.15) is 5.10 Å². The molecule has 2 aromatic rings. The van der Waals surface area contributed by atoms with Crippen LogP contribution in [0.25, 0.3) is 0 Å². The zero-order valence-electron chi connectivity index (χ0n) is 11.2. The fraction of sp³-hybridized carbons (Fsp3) is 0.308. The van der Waals surface area contributed by atoms with E-state index in [2.05, 4.69) is 31.3 Å². The molecule has 0 fully saturated rings. The highest BCUT2D eigenvalue weighted by Gasteiger charge is 2.25. The number of aromatic nitrogens is 3. The maximum Gasteiger partial charge on any atom is 0.252 e. The van der Waals surface area contributed by atoms with E-state index in [1.807, 2.05) is 0 Å². The number of nitrogens with zero attached hydrogens (tertiary/aromatic N) is 3. The smallest absolute Gasteiger partial charge is 0.252 e. The van der Waals surface area contributed by atoms with Crippen LogP contribution >= 0.6 is 15.9 Å². The summed E-state index contributed by atoms with van der Waals surface area (Å²) < 4.78 is 2.33. The van der Waals surface area contributed by atoms with Crippen molar-refractivity contribution in [2.75, 3.05) is 6.54 Å². The molecule has 0 aliphatic heterocycles. The lowest BCUT2D eigenvalue weighted by Crippen LogP contribution is -2.38. The molecule has 1 unspecified atom stereocenters. The van der Waals surface area contributed by atoms with Crippen molar-refractivity contribution in [2.45, 2.75) is 12.5 Å². The first-order valence-corrected chi connectivity index (χ1v) is 6.78. The van der Waals surface area contributed by atoms with Gasteiger partial charge in [0, 0.05) is 35.7 Å². The van der Waals surface area contributed by atoms with Gasteiger partial charge in [0.15, 0.2) is 0 Å². The van der Waals surface area contributed by atoms with E-state index in [9.17, 15) is 9.90 Å². The van der Waals surface area contributed by atoms with Crippen molar-refractivity contribution in [1.29, 1.82) is 0 Å². The molecule has 6 nitrogen and oxygen atoms in total. The minimum absolute atomic E-state index is 0.0873. The van der Waals surface area contributed by atoms with Gasteiger partial charge in [0.2, 0.25) is 0 Å². The predicted molar refractivity (Wildman–Crippen MR) is 77.0 cm³/mol. The van der Waals surface area contributed by atoms with Crippen LogP contribution in [0, 0.1) is 0 Å². The van der Waals surface area contributed by atoms with Gasteiger partial charge in [-0.25, -0.2) is 0 Å². The van der Waals surface area contributed by atoms with E-state index in [4.69, 9.17) is 0 Å². The van der Waals surface area contributed by atoms with Crippen LogP contribution in [0.3, 0.4) is 0 Å². The maximum absolute atomic E-state index is 12.0. The lowest BCUT2D eigenvalue weighted by Gasteiger charge is -2.22. The molecule has 2 N–H and O–H groups in total. The zero-order chi connectivity index (χ0) is 14.8. The van der Waals surface area contributed by atoms with E-state index in [0.717, 1.165) is 4.47 Å². The molecule has 7 heteroatoms. The highest BCUT2D eigenvalue weighted by atomic mass is 79.9. The quantitative estimate of drug-likeness (QED) is 0.878. The number of nitrogens with one attached hydrogen (secondary N) is 1. The Morgan fingerprint density at radius 2 is 2.25 bits per heavy atom. The Bertz CT molecular complexity index is 624. The number of rotatable bonds is 4. The Morgan fingerprint density at radius 1 is 1.50 bits per heavy atom. The zero-order valence-corrected chi connectivity index (χ0v) is 12.8. The number of aryl methyl sites for hydroxylation is 1. The largest absolute Gasteiger partial charge is 0.383 e. The molecule has 0 saturated carbocycles. The molecule has 0 spiro atoms. The molecule has 0 aromatic carbocycles. The third-order valence-corrected chi connectivity index (χ3v) is 3.32. The molecular weight excluding hydrogens is 324 g/mol. The van der Waals surface area contributed by atoms with Crippen LogP contribution in [0.2, 0.25) is 0 Å². The second-order valence-electron chi connectivity index (χ2n) is 4.75. The second kappa shape index (κ2) is 5.72. The molecule has 0 bridgehead atoms. The molecule has 1 amide bonds. The number of halogens is 1. The lowest BCUT2D eigenvalue weighted by molar-refractivity contribution is 0.0525. The topological polar surface area (TPSA) is 80.0 Å². The third kappa shape index (κ3) is 3.43. The Hall–Kier alpha value is -1.73. The molecule has 2 heterocycles. The van der Waals surface area contributed by atoms with Crippen molar-refractivity contribution in [2.24, 2.45) is 7.05 Å². The normalized spacial score (nSPS) is 13.8. The lowest BCUT2D eigenvalue weighted by atomic mass is 9.99. The predicted octanol–water partition coefficient (Wildman–Crippen LogP) is 1.22. The summed E-state index contributed by atoms with van der Waals surface area (Å²) in [5.41, 5.74) is -0.0994. The molecule has 20 heavy (non-hydrogen) atoms. The van der Waals surface area contributed by atoms with E-state index in [1.165, 1.54) is 6.20 Å². The van der Waals surface area contributed by atoms with Gasteiger partial charge in [0.1, 0.15) is 5.60 Å². The first-order valence-electron chi connectivity index (χ1n) is 5.99. The van der Waals surface area contributed by atoms with Gasteiger partial charge in [-0.1, -0.05) is 0 Å². The summed E-state index contributed by atoms with van der Waals surface area (Å²) in [7, 11) is 1.77. The summed E-state index contributed by atoms with van der Waals surface area (Å²) in [6.07, 6.45) is 6.36. The summed E-state index contributed by atoms with van der Waals surface area (Å²) >= 11 is 3.26. The molecule has 0 radical (unpaired) electrons. The second-order valence-corrected chi connectivity index (χ2v) is 5.67. The maximum atomic E-state index is 12.0. The average Bonchev–Trinajstić information content (AvgIpc) is 2.83. The summed E-state index contributed by atoms with van der Waals surface area (Å²) in [5.74, 6) is -0.289. The Morgan fingerprint density at radius 3 is 2.85 bits per heavy atom. The van der Waals surface area contributed by atoms with Gasteiger partial charge < -0.3 is 10.4 Å². The van der Waals surface area contributed by atoms with Crippen molar-refractivity contribution in [3.63, 3.8) is 0 Å². The van der Waals surface area contributed by atoms with E-state index < -0.39 is 5.60 Å². The molecule has 2 rings (SSSR count). The minimum atomic E-state index is -1.18. The summed E-state index contributed by atoms with van der Waals surface area (Å²) in [6.45, 7) is 1.72.